The first-order valence-electron chi connectivity index (χ1n) is 7.25. The van der Waals surface area contributed by atoms with Crippen LogP contribution in [0.4, 0.5) is 14.5 Å². The summed E-state index contributed by atoms with van der Waals surface area (Å²) in [5.41, 5.74) is 8.32. The van der Waals surface area contributed by atoms with Crippen molar-refractivity contribution < 1.29 is 13.5 Å². The zero-order chi connectivity index (χ0) is 15.5. The fraction of sp³-hybridized carbons (Fsp3) is 0.294. The van der Waals surface area contributed by atoms with E-state index in [1.54, 1.807) is 6.07 Å². The Bertz CT molecular complexity index is 669. The number of anilines is 1. The number of nitrogens with zero attached hydrogens (tertiary/aromatic N) is 1. The van der Waals surface area contributed by atoms with Crippen LogP contribution < -0.4 is 5.73 Å². The van der Waals surface area contributed by atoms with E-state index in [-0.39, 0.29) is 18.5 Å². The van der Waals surface area contributed by atoms with Crippen LogP contribution in [0.15, 0.2) is 42.5 Å². The molecule has 1 aliphatic heterocycles. The smallest absolute Gasteiger partial charge is 0.159 e. The maximum absolute atomic E-state index is 13.4. The van der Waals surface area contributed by atoms with Crippen LogP contribution in [-0.4, -0.2) is 24.6 Å². The second-order valence-electron chi connectivity index (χ2n) is 5.51. The van der Waals surface area contributed by atoms with Gasteiger partial charge >= 0.3 is 0 Å². The van der Waals surface area contributed by atoms with Gasteiger partial charge in [-0.1, -0.05) is 18.2 Å². The quantitative estimate of drug-likeness (QED) is 0.868. The third-order valence-corrected chi connectivity index (χ3v) is 3.82. The second-order valence-corrected chi connectivity index (χ2v) is 5.51. The van der Waals surface area contributed by atoms with E-state index in [1.165, 1.54) is 6.07 Å². The van der Waals surface area contributed by atoms with Crippen LogP contribution in [-0.2, 0) is 11.3 Å². The van der Waals surface area contributed by atoms with Gasteiger partial charge in [0.25, 0.3) is 0 Å². The van der Waals surface area contributed by atoms with Crippen LogP contribution in [0.1, 0.15) is 17.2 Å². The molecule has 1 atom stereocenters. The minimum atomic E-state index is -0.839. The first kappa shape index (κ1) is 17.7. The number of rotatable bonds is 3. The van der Waals surface area contributed by atoms with Crippen molar-refractivity contribution in [3.8, 4) is 0 Å². The molecule has 2 aromatic carbocycles. The van der Waals surface area contributed by atoms with Crippen molar-refractivity contribution in [1.82, 2.24) is 4.90 Å². The Morgan fingerprint density at radius 2 is 1.96 bits per heavy atom. The molecule has 1 heterocycles. The van der Waals surface area contributed by atoms with Gasteiger partial charge in [-0.2, -0.15) is 0 Å². The van der Waals surface area contributed by atoms with Gasteiger partial charge in [-0.15, -0.1) is 12.4 Å². The summed E-state index contributed by atoms with van der Waals surface area (Å²) in [6, 6.07) is 11.7. The maximum atomic E-state index is 13.4. The number of nitrogens with two attached hydrogens (primary N) is 1. The minimum absolute atomic E-state index is 0. The molecule has 0 saturated carbocycles. The summed E-state index contributed by atoms with van der Waals surface area (Å²) in [4.78, 5) is 2.23. The summed E-state index contributed by atoms with van der Waals surface area (Å²) in [7, 11) is 0. The lowest BCUT2D eigenvalue weighted by atomic mass is 10.1. The first-order valence-corrected chi connectivity index (χ1v) is 7.25. The molecule has 1 aliphatic rings. The summed E-state index contributed by atoms with van der Waals surface area (Å²) in [6.45, 7) is 2.76. The molecule has 3 rings (SSSR count). The van der Waals surface area contributed by atoms with E-state index in [1.807, 2.05) is 24.3 Å². The summed E-state index contributed by atoms with van der Waals surface area (Å²) >= 11 is 0. The van der Waals surface area contributed by atoms with Crippen LogP contribution in [0, 0.1) is 11.6 Å². The van der Waals surface area contributed by atoms with E-state index in [4.69, 9.17) is 10.5 Å². The van der Waals surface area contributed by atoms with Gasteiger partial charge in [0.1, 0.15) is 0 Å². The van der Waals surface area contributed by atoms with Gasteiger partial charge in [0.2, 0.25) is 0 Å². The fourth-order valence-corrected chi connectivity index (χ4v) is 2.71. The minimum Gasteiger partial charge on any atom is -0.399 e. The van der Waals surface area contributed by atoms with Crippen LogP contribution in [0.3, 0.4) is 0 Å². The largest absolute Gasteiger partial charge is 0.399 e. The Hall–Kier alpha value is -1.69. The van der Waals surface area contributed by atoms with Gasteiger partial charge in [-0.05, 0) is 35.4 Å². The van der Waals surface area contributed by atoms with Gasteiger partial charge < -0.3 is 10.5 Å². The second kappa shape index (κ2) is 7.73. The highest BCUT2D eigenvalue weighted by Crippen LogP contribution is 2.25. The van der Waals surface area contributed by atoms with Gasteiger partial charge in [0.15, 0.2) is 11.6 Å². The van der Waals surface area contributed by atoms with Crippen molar-refractivity contribution in [2.24, 2.45) is 0 Å². The van der Waals surface area contributed by atoms with Crippen LogP contribution in [0.25, 0.3) is 0 Å². The molecule has 0 aliphatic carbocycles. The molecule has 2 aromatic rings. The van der Waals surface area contributed by atoms with Crippen LogP contribution >= 0.6 is 12.4 Å². The molecule has 1 unspecified atom stereocenters. The molecule has 1 fully saturated rings. The van der Waals surface area contributed by atoms with Gasteiger partial charge in [0, 0.05) is 25.3 Å². The number of morpholine rings is 1. The SMILES string of the molecule is Cl.Nc1cccc(CN2CCOC(c3ccc(F)c(F)c3)C2)c1. The van der Waals surface area contributed by atoms with E-state index in [2.05, 4.69) is 4.90 Å². The molecule has 0 aromatic heterocycles. The van der Waals surface area contributed by atoms with Crippen molar-refractivity contribution in [3.05, 3.63) is 65.2 Å². The number of ether oxygens (including phenoxy) is 1. The van der Waals surface area contributed by atoms with Crippen LogP contribution in [0.2, 0.25) is 0 Å². The lowest BCUT2D eigenvalue weighted by Gasteiger charge is -2.33. The molecule has 23 heavy (non-hydrogen) atoms. The number of benzene rings is 2. The predicted octanol–water partition coefficient (Wildman–Crippen LogP) is 3.54. The van der Waals surface area contributed by atoms with Crippen molar-refractivity contribution >= 4 is 18.1 Å². The van der Waals surface area contributed by atoms with E-state index < -0.39 is 11.6 Å². The lowest BCUT2D eigenvalue weighted by molar-refractivity contribution is -0.0330. The molecule has 0 spiro atoms. The number of nitrogen functional groups attached to an aromatic ring is 1. The Labute approximate surface area is 140 Å². The zero-order valence-electron chi connectivity index (χ0n) is 12.5. The predicted molar refractivity (Wildman–Crippen MR) is 88.4 cm³/mol. The third-order valence-electron chi connectivity index (χ3n) is 3.82. The molecule has 0 amide bonds. The van der Waals surface area contributed by atoms with Gasteiger partial charge in [0.05, 0.1) is 12.7 Å². The van der Waals surface area contributed by atoms with Crippen molar-refractivity contribution in [2.45, 2.75) is 12.6 Å². The normalized spacial score (nSPS) is 18.4. The molecule has 6 heteroatoms. The Morgan fingerprint density at radius 1 is 1.13 bits per heavy atom. The van der Waals surface area contributed by atoms with E-state index in [0.29, 0.717) is 18.7 Å². The van der Waals surface area contributed by atoms with Crippen LogP contribution in [0.5, 0.6) is 0 Å². The highest BCUT2D eigenvalue weighted by atomic mass is 35.5. The van der Waals surface area contributed by atoms with Crippen molar-refractivity contribution in [3.63, 3.8) is 0 Å². The molecule has 2 N–H and O–H groups in total. The summed E-state index contributed by atoms with van der Waals surface area (Å²) in [6.07, 6.45) is -0.245. The summed E-state index contributed by atoms with van der Waals surface area (Å²) < 4.78 is 32.1. The maximum Gasteiger partial charge on any atom is 0.159 e. The third kappa shape index (κ3) is 4.41. The molecule has 3 nitrogen and oxygen atoms in total. The zero-order valence-corrected chi connectivity index (χ0v) is 13.4. The van der Waals surface area contributed by atoms with E-state index in [9.17, 15) is 8.78 Å². The van der Waals surface area contributed by atoms with E-state index in [0.717, 1.165) is 30.4 Å². The summed E-state index contributed by atoms with van der Waals surface area (Å²) in [5.74, 6) is -1.68. The highest BCUT2D eigenvalue weighted by Gasteiger charge is 2.23. The van der Waals surface area contributed by atoms with Crippen molar-refractivity contribution in [2.75, 3.05) is 25.4 Å². The molecule has 124 valence electrons. The topological polar surface area (TPSA) is 38.5 Å². The highest BCUT2D eigenvalue weighted by molar-refractivity contribution is 5.85. The van der Waals surface area contributed by atoms with Crippen molar-refractivity contribution in [1.29, 1.82) is 0 Å². The monoisotopic (exact) mass is 340 g/mol. The Balaban J connectivity index is 0.00000192. The Morgan fingerprint density at radius 3 is 2.70 bits per heavy atom. The average molecular weight is 341 g/mol. The Kier molecular flexibility index (Phi) is 5.93. The van der Waals surface area contributed by atoms with E-state index >= 15 is 0 Å². The molecular weight excluding hydrogens is 322 g/mol. The molecule has 0 bridgehead atoms. The van der Waals surface area contributed by atoms with Gasteiger partial charge in [-0.3, -0.25) is 4.90 Å². The number of halogens is 3. The first-order chi connectivity index (χ1) is 10.6. The molecule has 1 saturated heterocycles. The number of hydrogen-bond donors (Lipinski definition) is 1. The molecule has 0 radical (unpaired) electrons. The standard InChI is InChI=1S/C17H18F2N2O.ClH/c18-15-5-4-13(9-16(15)19)17-11-21(6-7-22-17)10-12-2-1-3-14(20)8-12;/h1-5,8-9,17H,6-7,10-11,20H2;1H. The number of hydrogen-bond acceptors (Lipinski definition) is 3. The average Bonchev–Trinajstić information content (AvgIpc) is 2.50. The molecular formula is C17H19ClF2N2O. The van der Waals surface area contributed by atoms with Gasteiger partial charge in [-0.25, -0.2) is 8.78 Å². The fourth-order valence-electron chi connectivity index (χ4n) is 2.71. The lowest BCUT2D eigenvalue weighted by Crippen LogP contribution is -2.37. The summed E-state index contributed by atoms with van der Waals surface area (Å²) in [5, 5.41) is 0.